The molecule has 0 aromatic heterocycles. The molecular weight excluding hydrogens is 490 g/mol. The Hall–Kier alpha value is -1.98. The summed E-state index contributed by atoms with van der Waals surface area (Å²) in [6, 6.07) is 10.2. The lowest BCUT2D eigenvalue weighted by Gasteiger charge is -2.04. The lowest BCUT2D eigenvalue weighted by atomic mass is 10.2. The summed E-state index contributed by atoms with van der Waals surface area (Å²) in [4.78, 5) is 23.7. The molecule has 32 heavy (non-hydrogen) atoms. The summed E-state index contributed by atoms with van der Waals surface area (Å²) in [5.74, 6) is -0.341. The zero-order valence-corrected chi connectivity index (χ0v) is 20.4. The molecule has 0 unspecified atom stereocenters. The molecule has 8 heteroatoms. The molecule has 0 bridgehead atoms. The second-order valence-electron chi connectivity index (χ2n) is 6.99. The van der Waals surface area contributed by atoms with Crippen molar-refractivity contribution in [3.63, 3.8) is 0 Å². The number of hydrogen-bond acceptors (Lipinski definition) is 2. The number of hydrogen-bond donors (Lipinski definition) is 2. The third-order valence-electron chi connectivity index (χ3n) is 4.46. The number of rotatable bonds is 11. The first-order valence-electron chi connectivity index (χ1n) is 10.2. The van der Waals surface area contributed by atoms with E-state index in [-0.39, 0.29) is 11.8 Å². The van der Waals surface area contributed by atoms with Gasteiger partial charge in [0, 0.05) is 45.3 Å². The highest BCUT2D eigenvalue weighted by Gasteiger charge is 2.01. The van der Waals surface area contributed by atoms with Gasteiger partial charge in [-0.25, -0.2) is 0 Å². The maximum Gasteiger partial charge on any atom is 0.243 e. The Labute approximate surface area is 208 Å². The van der Waals surface area contributed by atoms with Crippen LogP contribution >= 0.6 is 46.4 Å². The average molecular weight is 514 g/mol. The molecule has 2 aromatic carbocycles. The van der Waals surface area contributed by atoms with E-state index in [1.165, 1.54) is 12.2 Å². The van der Waals surface area contributed by atoms with Gasteiger partial charge in [-0.1, -0.05) is 71.4 Å². The number of benzene rings is 2. The largest absolute Gasteiger partial charge is 0.353 e. The Morgan fingerprint density at radius 2 is 1.06 bits per heavy atom. The Morgan fingerprint density at radius 3 is 1.44 bits per heavy atom. The molecule has 170 valence electrons. The third kappa shape index (κ3) is 10.1. The summed E-state index contributed by atoms with van der Waals surface area (Å²) in [5, 5.41) is 7.78. The van der Waals surface area contributed by atoms with Crippen LogP contribution in [-0.2, 0) is 9.59 Å². The van der Waals surface area contributed by atoms with Gasteiger partial charge in [0.2, 0.25) is 11.8 Å². The van der Waals surface area contributed by atoms with Gasteiger partial charge in [-0.15, -0.1) is 0 Å². The van der Waals surface area contributed by atoms with Gasteiger partial charge >= 0.3 is 0 Å². The lowest BCUT2D eigenvalue weighted by Crippen LogP contribution is -2.23. The van der Waals surface area contributed by atoms with Gasteiger partial charge in [-0.2, -0.15) is 0 Å². The molecule has 0 fully saturated rings. The van der Waals surface area contributed by atoms with E-state index in [9.17, 15) is 9.59 Å². The fourth-order valence-corrected chi connectivity index (χ4v) is 3.69. The van der Waals surface area contributed by atoms with Crippen LogP contribution in [0.3, 0.4) is 0 Å². The second kappa shape index (κ2) is 14.2. The number of halogens is 4. The van der Waals surface area contributed by atoms with Crippen LogP contribution < -0.4 is 10.6 Å². The molecule has 0 aliphatic carbocycles. The summed E-state index contributed by atoms with van der Waals surface area (Å²) in [5.41, 5.74) is 1.47. The minimum atomic E-state index is -0.171. The third-order valence-corrected chi connectivity index (χ3v) is 5.58. The Bertz CT molecular complexity index is 910. The van der Waals surface area contributed by atoms with E-state index in [0.29, 0.717) is 33.2 Å². The Morgan fingerprint density at radius 1 is 0.656 bits per heavy atom. The van der Waals surface area contributed by atoms with Crippen LogP contribution in [0.15, 0.2) is 48.6 Å². The maximum atomic E-state index is 11.9. The fraction of sp³-hybridized carbons (Fsp3) is 0.250. The van der Waals surface area contributed by atoms with Crippen LogP contribution in [-0.4, -0.2) is 24.9 Å². The summed E-state index contributed by atoms with van der Waals surface area (Å²) >= 11 is 23.8. The van der Waals surface area contributed by atoms with Crippen LogP contribution in [0, 0.1) is 0 Å². The van der Waals surface area contributed by atoms with Crippen molar-refractivity contribution in [3.05, 3.63) is 79.8 Å². The van der Waals surface area contributed by atoms with Gasteiger partial charge in [0.1, 0.15) is 0 Å². The van der Waals surface area contributed by atoms with Gasteiger partial charge in [0.25, 0.3) is 0 Å². The SMILES string of the molecule is O=C(/C=C/c1ccc(Cl)cc1Cl)NCCCCCCNC(=O)/C=C/c1ccc(Cl)cc1Cl. The molecule has 0 saturated carbocycles. The predicted molar refractivity (Wildman–Crippen MR) is 135 cm³/mol. The van der Waals surface area contributed by atoms with Crippen LogP contribution in [0.5, 0.6) is 0 Å². The highest BCUT2D eigenvalue weighted by Crippen LogP contribution is 2.22. The predicted octanol–water partition coefficient (Wildman–Crippen LogP) is 6.82. The van der Waals surface area contributed by atoms with Crippen LogP contribution in [0.1, 0.15) is 36.8 Å². The first-order valence-corrected chi connectivity index (χ1v) is 11.7. The molecule has 2 aromatic rings. The van der Waals surface area contributed by atoms with Gasteiger partial charge < -0.3 is 10.6 Å². The molecule has 0 atom stereocenters. The summed E-state index contributed by atoms with van der Waals surface area (Å²) in [6.07, 6.45) is 9.87. The quantitative estimate of drug-likeness (QED) is 0.256. The van der Waals surface area contributed by atoms with E-state index in [1.54, 1.807) is 48.6 Å². The Kier molecular flexibility index (Phi) is 11.7. The van der Waals surface area contributed by atoms with Gasteiger partial charge in [0.05, 0.1) is 0 Å². The topological polar surface area (TPSA) is 58.2 Å². The molecule has 2 rings (SSSR count). The van der Waals surface area contributed by atoms with E-state index in [1.807, 2.05) is 0 Å². The zero-order valence-electron chi connectivity index (χ0n) is 17.3. The van der Waals surface area contributed by atoms with Crippen molar-refractivity contribution < 1.29 is 9.59 Å². The average Bonchev–Trinajstić information content (AvgIpc) is 2.74. The molecule has 2 amide bonds. The van der Waals surface area contributed by atoms with Crippen molar-refractivity contribution in [2.45, 2.75) is 25.7 Å². The first-order chi connectivity index (χ1) is 15.3. The molecule has 0 spiro atoms. The van der Waals surface area contributed by atoms with Gasteiger partial charge in [0.15, 0.2) is 0 Å². The van der Waals surface area contributed by atoms with E-state index >= 15 is 0 Å². The highest BCUT2D eigenvalue weighted by molar-refractivity contribution is 6.36. The molecule has 0 aliphatic rings. The summed E-state index contributed by atoms with van der Waals surface area (Å²) in [7, 11) is 0. The number of carbonyl (C=O) groups excluding carboxylic acids is 2. The number of nitrogens with one attached hydrogen (secondary N) is 2. The number of unbranched alkanes of at least 4 members (excludes halogenated alkanes) is 3. The van der Waals surface area contributed by atoms with Crippen molar-refractivity contribution in [1.82, 2.24) is 10.6 Å². The number of amides is 2. The minimum absolute atomic E-state index is 0.171. The fourth-order valence-electron chi connectivity index (χ4n) is 2.75. The lowest BCUT2D eigenvalue weighted by molar-refractivity contribution is -0.117. The molecule has 4 nitrogen and oxygen atoms in total. The molecule has 0 aliphatic heterocycles. The van der Waals surface area contributed by atoms with Crippen LogP contribution in [0.4, 0.5) is 0 Å². The van der Waals surface area contributed by atoms with Crippen LogP contribution in [0.2, 0.25) is 20.1 Å². The van der Waals surface area contributed by atoms with E-state index in [4.69, 9.17) is 46.4 Å². The molecule has 0 radical (unpaired) electrons. The first kappa shape index (κ1) is 26.3. The molecular formula is C24H24Cl4N2O2. The van der Waals surface area contributed by atoms with E-state index in [2.05, 4.69) is 10.6 Å². The van der Waals surface area contributed by atoms with Crippen molar-refractivity contribution in [3.8, 4) is 0 Å². The highest BCUT2D eigenvalue weighted by atomic mass is 35.5. The second-order valence-corrected chi connectivity index (χ2v) is 8.68. The van der Waals surface area contributed by atoms with Crippen molar-refractivity contribution in [2.75, 3.05) is 13.1 Å². The van der Waals surface area contributed by atoms with Gasteiger partial charge in [-0.3, -0.25) is 9.59 Å². The zero-order chi connectivity index (χ0) is 23.3. The summed E-state index contributed by atoms with van der Waals surface area (Å²) < 4.78 is 0. The standard InChI is InChI=1S/C24H24Cl4N2O2/c25-19-9-5-17(21(27)15-19)7-11-23(31)29-13-3-1-2-4-14-30-24(32)12-8-18-6-10-20(26)16-22(18)28/h5-12,15-16H,1-4,13-14H2,(H,29,31)(H,30,32)/b11-7+,12-8+. The maximum absolute atomic E-state index is 11.9. The number of carbonyl (C=O) groups is 2. The molecule has 2 N–H and O–H groups in total. The summed E-state index contributed by atoms with van der Waals surface area (Å²) in [6.45, 7) is 1.18. The van der Waals surface area contributed by atoms with Crippen molar-refractivity contribution >= 4 is 70.4 Å². The molecule has 0 heterocycles. The van der Waals surface area contributed by atoms with Gasteiger partial charge in [-0.05, 0) is 60.4 Å². The van der Waals surface area contributed by atoms with Crippen LogP contribution in [0.25, 0.3) is 12.2 Å². The monoisotopic (exact) mass is 512 g/mol. The van der Waals surface area contributed by atoms with E-state index in [0.717, 1.165) is 36.8 Å². The van der Waals surface area contributed by atoms with E-state index < -0.39 is 0 Å². The molecule has 0 saturated heterocycles. The Balaban J connectivity index is 1.53. The van der Waals surface area contributed by atoms with Crippen molar-refractivity contribution in [1.29, 1.82) is 0 Å². The van der Waals surface area contributed by atoms with Crippen molar-refractivity contribution in [2.24, 2.45) is 0 Å². The normalized spacial score (nSPS) is 11.2. The smallest absolute Gasteiger partial charge is 0.243 e. The minimum Gasteiger partial charge on any atom is -0.353 e.